The monoisotopic (exact) mass is 245 g/mol. The Kier molecular flexibility index (Phi) is 4.26. The largest absolute Gasteiger partial charge is 0.480 e. The summed E-state index contributed by atoms with van der Waals surface area (Å²) in [5.74, 6) is -1.09. The third-order valence-electron chi connectivity index (χ3n) is 2.72. The van der Waals surface area contributed by atoms with Gasteiger partial charge in [-0.3, -0.25) is 10.1 Å². The Morgan fingerprint density at radius 1 is 1.31 bits per heavy atom. The molecule has 0 unspecified atom stereocenters. The smallest absolute Gasteiger partial charge is 0.320 e. The molecule has 1 heterocycles. The molecule has 2 N–H and O–H groups in total. The molecule has 88 valence electrons. The summed E-state index contributed by atoms with van der Waals surface area (Å²) in [5, 5.41) is 11.8. The van der Waals surface area contributed by atoms with E-state index in [4.69, 9.17) is 5.11 Å². The number of benzene rings is 1. The van der Waals surface area contributed by atoms with Gasteiger partial charge in [-0.25, -0.2) is 4.39 Å². The van der Waals surface area contributed by atoms with Gasteiger partial charge in [-0.15, -0.1) is 12.4 Å². The summed E-state index contributed by atoms with van der Waals surface area (Å²) in [6, 6.07) is 5.73. The summed E-state index contributed by atoms with van der Waals surface area (Å²) in [5.41, 5.74) is 0.945. The number of carboxylic acid groups (broad SMARTS) is 1. The summed E-state index contributed by atoms with van der Waals surface area (Å²) in [6.07, 6.45) is 1.40. The zero-order valence-corrected chi connectivity index (χ0v) is 9.34. The van der Waals surface area contributed by atoms with Gasteiger partial charge >= 0.3 is 5.97 Å². The van der Waals surface area contributed by atoms with Crippen LogP contribution in [0.3, 0.4) is 0 Å². The lowest BCUT2D eigenvalue weighted by Gasteiger charge is -2.11. The molecule has 0 radical (unpaired) electrons. The average molecular weight is 246 g/mol. The van der Waals surface area contributed by atoms with E-state index in [1.807, 2.05) is 0 Å². The Morgan fingerprint density at radius 3 is 2.44 bits per heavy atom. The van der Waals surface area contributed by atoms with Gasteiger partial charge < -0.3 is 5.11 Å². The second kappa shape index (κ2) is 5.27. The lowest BCUT2D eigenvalue weighted by Crippen LogP contribution is -2.31. The van der Waals surface area contributed by atoms with Crippen LogP contribution >= 0.6 is 12.4 Å². The summed E-state index contributed by atoms with van der Waals surface area (Å²) in [6.45, 7) is 0. The zero-order valence-electron chi connectivity index (χ0n) is 8.52. The molecular formula is C11H13ClFNO2. The van der Waals surface area contributed by atoms with Crippen molar-refractivity contribution in [1.29, 1.82) is 0 Å². The van der Waals surface area contributed by atoms with E-state index in [-0.39, 0.29) is 24.3 Å². The first kappa shape index (κ1) is 12.9. The number of halogens is 2. The molecule has 1 aromatic carbocycles. The Labute approximate surface area is 99.1 Å². The van der Waals surface area contributed by atoms with E-state index in [0.29, 0.717) is 6.42 Å². The lowest BCUT2D eigenvalue weighted by atomic mass is 10.1. The van der Waals surface area contributed by atoms with Crippen LogP contribution < -0.4 is 5.32 Å². The number of carbonyl (C=O) groups is 1. The number of nitrogens with one attached hydrogen (secondary N) is 1. The molecule has 2 rings (SSSR count). The Morgan fingerprint density at radius 2 is 1.94 bits per heavy atom. The molecule has 0 amide bonds. The van der Waals surface area contributed by atoms with E-state index in [9.17, 15) is 9.18 Å². The fourth-order valence-corrected chi connectivity index (χ4v) is 1.90. The van der Waals surface area contributed by atoms with E-state index >= 15 is 0 Å². The first-order valence-corrected chi connectivity index (χ1v) is 4.91. The highest BCUT2D eigenvalue weighted by Crippen LogP contribution is 2.26. The molecule has 1 aliphatic rings. The minimum absolute atomic E-state index is 0. The van der Waals surface area contributed by atoms with Crippen molar-refractivity contribution in [2.24, 2.45) is 0 Å². The molecule has 0 saturated carbocycles. The van der Waals surface area contributed by atoms with Crippen molar-refractivity contribution in [2.45, 2.75) is 24.9 Å². The minimum atomic E-state index is -0.820. The molecule has 5 heteroatoms. The normalized spacial score (nSPS) is 23.8. The van der Waals surface area contributed by atoms with E-state index in [1.54, 1.807) is 12.1 Å². The fraction of sp³-hybridized carbons (Fsp3) is 0.364. The third-order valence-corrected chi connectivity index (χ3v) is 2.72. The maximum absolute atomic E-state index is 12.7. The number of aliphatic carboxylic acids is 1. The SMILES string of the molecule is Cl.O=C(O)[C@@H]1CC[C@@H](c2ccc(F)cc2)N1. The highest BCUT2D eigenvalue weighted by atomic mass is 35.5. The molecule has 16 heavy (non-hydrogen) atoms. The van der Waals surface area contributed by atoms with Crippen LogP contribution in [0.4, 0.5) is 4.39 Å². The van der Waals surface area contributed by atoms with Crippen LogP contribution in [0.1, 0.15) is 24.4 Å². The Hall–Kier alpha value is -1.13. The minimum Gasteiger partial charge on any atom is -0.480 e. The van der Waals surface area contributed by atoms with Crippen LogP contribution in [-0.2, 0) is 4.79 Å². The van der Waals surface area contributed by atoms with Crippen LogP contribution in [0, 0.1) is 5.82 Å². The third kappa shape index (κ3) is 2.71. The van der Waals surface area contributed by atoms with E-state index in [1.165, 1.54) is 12.1 Å². The molecule has 0 spiro atoms. The first-order valence-electron chi connectivity index (χ1n) is 4.91. The molecule has 1 saturated heterocycles. The van der Waals surface area contributed by atoms with Crippen molar-refractivity contribution in [1.82, 2.24) is 5.32 Å². The van der Waals surface area contributed by atoms with Gasteiger partial charge in [0.15, 0.2) is 0 Å². The number of hydrogen-bond donors (Lipinski definition) is 2. The van der Waals surface area contributed by atoms with Crippen molar-refractivity contribution in [3.05, 3.63) is 35.6 Å². The van der Waals surface area contributed by atoms with Gasteiger partial charge in [0.05, 0.1) is 0 Å². The summed E-state index contributed by atoms with van der Waals surface area (Å²) >= 11 is 0. The van der Waals surface area contributed by atoms with Crippen molar-refractivity contribution in [3.63, 3.8) is 0 Å². The maximum atomic E-state index is 12.7. The standard InChI is InChI=1S/C11H12FNO2.ClH/c12-8-3-1-7(2-4-8)9-5-6-10(13-9)11(14)15;/h1-4,9-10,13H,5-6H2,(H,14,15);1H/t9-,10-;/m0./s1. The maximum Gasteiger partial charge on any atom is 0.320 e. The van der Waals surface area contributed by atoms with Crippen LogP contribution in [0.5, 0.6) is 0 Å². The van der Waals surface area contributed by atoms with Crippen molar-refractivity contribution < 1.29 is 14.3 Å². The average Bonchev–Trinajstić information content (AvgIpc) is 2.68. The lowest BCUT2D eigenvalue weighted by molar-refractivity contribution is -0.139. The summed E-state index contributed by atoms with van der Waals surface area (Å²) in [7, 11) is 0. The molecule has 3 nitrogen and oxygen atoms in total. The van der Waals surface area contributed by atoms with Gasteiger partial charge in [-0.05, 0) is 30.5 Å². The quantitative estimate of drug-likeness (QED) is 0.839. The van der Waals surface area contributed by atoms with Crippen LogP contribution in [0.25, 0.3) is 0 Å². The molecule has 1 aliphatic heterocycles. The van der Waals surface area contributed by atoms with Crippen molar-refractivity contribution >= 4 is 18.4 Å². The van der Waals surface area contributed by atoms with Gasteiger partial charge in [0.25, 0.3) is 0 Å². The highest BCUT2D eigenvalue weighted by molar-refractivity contribution is 5.85. The van der Waals surface area contributed by atoms with Crippen LogP contribution in [-0.4, -0.2) is 17.1 Å². The summed E-state index contributed by atoms with van der Waals surface area (Å²) in [4.78, 5) is 10.7. The molecular weight excluding hydrogens is 233 g/mol. The molecule has 0 aliphatic carbocycles. The second-order valence-corrected chi connectivity index (χ2v) is 3.74. The summed E-state index contributed by atoms with van der Waals surface area (Å²) < 4.78 is 12.7. The highest BCUT2D eigenvalue weighted by Gasteiger charge is 2.29. The van der Waals surface area contributed by atoms with E-state index in [0.717, 1.165) is 12.0 Å². The fourth-order valence-electron chi connectivity index (χ4n) is 1.90. The van der Waals surface area contributed by atoms with Crippen LogP contribution in [0.2, 0.25) is 0 Å². The van der Waals surface area contributed by atoms with Crippen molar-refractivity contribution in [3.8, 4) is 0 Å². The van der Waals surface area contributed by atoms with Crippen molar-refractivity contribution in [2.75, 3.05) is 0 Å². The predicted molar refractivity (Wildman–Crippen MR) is 60.2 cm³/mol. The first-order chi connectivity index (χ1) is 7.16. The molecule has 1 aromatic rings. The number of rotatable bonds is 2. The predicted octanol–water partition coefficient (Wildman–Crippen LogP) is 2.13. The van der Waals surface area contributed by atoms with E-state index < -0.39 is 12.0 Å². The van der Waals surface area contributed by atoms with Gasteiger partial charge in [0.2, 0.25) is 0 Å². The molecule has 0 aromatic heterocycles. The zero-order chi connectivity index (χ0) is 10.8. The Balaban J connectivity index is 0.00000128. The topological polar surface area (TPSA) is 49.3 Å². The number of hydrogen-bond acceptors (Lipinski definition) is 2. The molecule has 0 bridgehead atoms. The number of carboxylic acids is 1. The molecule has 1 fully saturated rings. The molecule has 2 atom stereocenters. The van der Waals surface area contributed by atoms with Gasteiger partial charge in [0, 0.05) is 6.04 Å². The van der Waals surface area contributed by atoms with Gasteiger partial charge in [-0.1, -0.05) is 12.1 Å². The second-order valence-electron chi connectivity index (χ2n) is 3.74. The van der Waals surface area contributed by atoms with Gasteiger partial charge in [-0.2, -0.15) is 0 Å². The van der Waals surface area contributed by atoms with Gasteiger partial charge in [0.1, 0.15) is 11.9 Å². The van der Waals surface area contributed by atoms with Crippen LogP contribution in [0.15, 0.2) is 24.3 Å². The Bertz CT molecular complexity index is 369. The van der Waals surface area contributed by atoms with E-state index in [2.05, 4.69) is 5.32 Å².